The number of hydrogen-bond acceptors (Lipinski definition) is 3. The van der Waals surface area contributed by atoms with Crippen LogP contribution < -0.4 is 10.9 Å². The number of amides is 1. The molecule has 0 bridgehead atoms. The molecule has 0 spiro atoms. The standard InChI is InChI=1S/C26H34N4O2/c1-16-14-17(2)28-25(31)22(16)15-27-26(32)24-19(4)30(23-9-7-6-8-21(23)24)18(3)20-10-12-29(5)13-11-20/h6-9,14,18,20H,10-13,15H2,1-5H3,(H,27,32)(H,28,31)/t18-/m0/s1. The maximum absolute atomic E-state index is 13.4. The lowest BCUT2D eigenvalue weighted by Gasteiger charge is -2.34. The topological polar surface area (TPSA) is 70.1 Å². The number of aryl methyl sites for hydroxylation is 2. The van der Waals surface area contributed by atoms with Crippen LogP contribution in [0.15, 0.2) is 35.1 Å². The van der Waals surface area contributed by atoms with E-state index in [0.717, 1.165) is 40.9 Å². The molecule has 3 heterocycles. The average molecular weight is 435 g/mol. The molecule has 1 amide bonds. The number of para-hydroxylation sites is 1. The van der Waals surface area contributed by atoms with E-state index in [0.29, 0.717) is 23.1 Å². The minimum atomic E-state index is -0.141. The minimum absolute atomic E-state index is 0.132. The van der Waals surface area contributed by atoms with Crippen molar-refractivity contribution in [2.75, 3.05) is 20.1 Å². The third-order valence-corrected chi connectivity index (χ3v) is 7.16. The number of hydrogen-bond donors (Lipinski definition) is 2. The summed E-state index contributed by atoms with van der Waals surface area (Å²) in [5.41, 5.74) is 4.98. The van der Waals surface area contributed by atoms with Gasteiger partial charge in [-0.25, -0.2) is 0 Å². The summed E-state index contributed by atoms with van der Waals surface area (Å²) >= 11 is 0. The van der Waals surface area contributed by atoms with Crippen LogP contribution in [0.5, 0.6) is 0 Å². The van der Waals surface area contributed by atoms with Gasteiger partial charge in [-0.3, -0.25) is 9.59 Å². The summed E-state index contributed by atoms with van der Waals surface area (Å²) in [6.45, 7) is 10.5. The SMILES string of the molecule is Cc1cc(C)c(CNC(=O)c2c(C)n([C@@H](C)C3CCN(C)CC3)c3ccccc23)c(=O)[nH]1. The number of carbonyl (C=O) groups is 1. The molecule has 1 saturated heterocycles. The van der Waals surface area contributed by atoms with Gasteiger partial charge in [-0.1, -0.05) is 18.2 Å². The van der Waals surface area contributed by atoms with Gasteiger partial charge in [-0.15, -0.1) is 0 Å². The molecule has 3 aromatic rings. The van der Waals surface area contributed by atoms with Crippen molar-refractivity contribution in [1.29, 1.82) is 0 Å². The number of pyridine rings is 1. The summed E-state index contributed by atoms with van der Waals surface area (Å²) in [5, 5.41) is 3.98. The molecule has 1 aliphatic heterocycles. The van der Waals surface area contributed by atoms with Crippen molar-refractivity contribution in [1.82, 2.24) is 19.8 Å². The molecule has 2 aromatic heterocycles. The highest BCUT2D eigenvalue weighted by Gasteiger charge is 2.28. The number of benzene rings is 1. The smallest absolute Gasteiger partial charge is 0.254 e. The van der Waals surface area contributed by atoms with Crippen molar-refractivity contribution in [3.8, 4) is 0 Å². The van der Waals surface area contributed by atoms with Gasteiger partial charge < -0.3 is 19.8 Å². The van der Waals surface area contributed by atoms with Crippen LogP contribution in [0.4, 0.5) is 0 Å². The van der Waals surface area contributed by atoms with Gasteiger partial charge in [0, 0.05) is 40.4 Å². The second-order valence-electron chi connectivity index (χ2n) is 9.35. The first-order chi connectivity index (χ1) is 15.3. The Morgan fingerprint density at radius 2 is 1.88 bits per heavy atom. The van der Waals surface area contributed by atoms with Crippen LogP contribution in [0.1, 0.15) is 58.7 Å². The number of aromatic nitrogens is 2. The normalized spacial score (nSPS) is 16.4. The largest absolute Gasteiger partial charge is 0.348 e. The molecule has 6 nitrogen and oxygen atoms in total. The molecule has 4 rings (SSSR count). The monoisotopic (exact) mass is 434 g/mol. The summed E-state index contributed by atoms with van der Waals surface area (Å²) in [4.78, 5) is 30.9. The zero-order chi connectivity index (χ0) is 23.0. The van der Waals surface area contributed by atoms with Crippen LogP contribution in [-0.4, -0.2) is 40.5 Å². The minimum Gasteiger partial charge on any atom is -0.348 e. The number of nitrogens with zero attached hydrogens (tertiary/aromatic N) is 2. The van der Waals surface area contributed by atoms with Crippen LogP contribution in [0.2, 0.25) is 0 Å². The van der Waals surface area contributed by atoms with Crippen molar-refractivity contribution >= 4 is 16.8 Å². The van der Waals surface area contributed by atoms with Crippen LogP contribution >= 0.6 is 0 Å². The van der Waals surface area contributed by atoms with Gasteiger partial charge in [0.25, 0.3) is 11.5 Å². The van der Waals surface area contributed by atoms with Gasteiger partial charge in [-0.05, 0) is 84.3 Å². The quantitative estimate of drug-likeness (QED) is 0.636. The van der Waals surface area contributed by atoms with Crippen LogP contribution in [0.3, 0.4) is 0 Å². The second-order valence-corrected chi connectivity index (χ2v) is 9.35. The number of piperidine rings is 1. The summed E-state index contributed by atoms with van der Waals surface area (Å²) in [6.07, 6.45) is 2.33. The van der Waals surface area contributed by atoms with Crippen molar-refractivity contribution in [2.24, 2.45) is 5.92 Å². The lowest BCUT2D eigenvalue weighted by molar-refractivity contribution is 0.0951. The third-order valence-electron chi connectivity index (χ3n) is 7.16. The highest BCUT2D eigenvalue weighted by molar-refractivity contribution is 6.08. The van der Waals surface area contributed by atoms with Gasteiger partial charge in [0.1, 0.15) is 0 Å². The number of nitrogens with one attached hydrogen (secondary N) is 2. The molecule has 0 saturated carbocycles. The van der Waals surface area contributed by atoms with Crippen LogP contribution in [0.25, 0.3) is 10.9 Å². The average Bonchev–Trinajstić information content (AvgIpc) is 3.04. The zero-order valence-electron chi connectivity index (χ0n) is 19.8. The molecule has 1 fully saturated rings. The lowest BCUT2D eigenvalue weighted by Crippen LogP contribution is -2.33. The zero-order valence-corrected chi connectivity index (χ0v) is 19.8. The van der Waals surface area contributed by atoms with Crippen LogP contribution in [0, 0.1) is 26.7 Å². The van der Waals surface area contributed by atoms with E-state index in [9.17, 15) is 9.59 Å². The van der Waals surface area contributed by atoms with E-state index in [1.54, 1.807) is 0 Å². The number of aromatic amines is 1. The molecule has 6 heteroatoms. The molecule has 1 aliphatic rings. The van der Waals surface area contributed by atoms with E-state index in [1.165, 1.54) is 12.8 Å². The molecule has 0 radical (unpaired) electrons. The van der Waals surface area contributed by atoms with E-state index >= 15 is 0 Å². The molecule has 2 N–H and O–H groups in total. The van der Waals surface area contributed by atoms with Crippen molar-refractivity contribution in [3.05, 3.63) is 68.8 Å². The molecule has 32 heavy (non-hydrogen) atoms. The summed E-state index contributed by atoms with van der Waals surface area (Å²) in [7, 11) is 2.18. The number of H-pyrrole nitrogens is 1. The first-order valence-electron chi connectivity index (χ1n) is 11.5. The Morgan fingerprint density at radius 3 is 2.56 bits per heavy atom. The van der Waals surface area contributed by atoms with E-state index < -0.39 is 0 Å². The van der Waals surface area contributed by atoms with Crippen molar-refractivity contribution in [3.63, 3.8) is 0 Å². The molecule has 0 aliphatic carbocycles. The summed E-state index contributed by atoms with van der Waals surface area (Å²) in [6, 6.07) is 10.4. The highest BCUT2D eigenvalue weighted by atomic mass is 16.2. The van der Waals surface area contributed by atoms with Crippen molar-refractivity contribution < 1.29 is 4.79 Å². The second kappa shape index (κ2) is 8.94. The number of likely N-dealkylation sites (tertiary alicyclic amines) is 1. The van der Waals surface area contributed by atoms with Gasteiger partial charge in [0.2, 0.25) is 0 Å². The third kappa shape index (κ3) is 4.11. The fourth-order valence-electron chi connectivity index (χ4n) is 5.28. The first-order valence-corrected chi connectivity index (χ1v) is 11.5. The number of fused-ring (bicyclic) bond motifs is 1. The first kappa shape index (κ1) is 22.3. The number of carbonyl (C=O) groups excluding carboxylic acids is 1. The predicted octanol–water partition coefficient (Wildman–Crippen LogP) is 4.09. The van der Waals surface area contributed by atoms with Gasteiger partial charge in [-0.2, -0.15) is 0 Å². The maximum Gasteiger partial charge on any atom is 0.254 e. The molecular formula is C26H34N4O2. The molecule has 1 atom stereocenters. The highest BCUT2D eigenvalue weighted by Crippen LogP contribution is 2.35. The summed E-state index contributed by atoms with van der Waals surface area (Å²) < 4.78 is 2.35. The molecule has 1 aromatic carbocycles. The Bertz CT molecular complexity index is 1200. The fraction of sp³-hybridized carbons (Fsp3) is 0.462. The lowest BCUT2D eigenvalue weighted by atomic mass is 9.90. The molecule has 170 valence electrons. The Labute approximate surface area is 189 Å². The van der Waals surface area contributed by atoms with Crippen LogP contribution in [-0.2, 0) is 6.54 Å². The van der Waals surface area contributed by atoms with E-state index in [4.69, 9.17) is 0 Å². The molecule has 0 unspecified atom stereocenters. The van der Waals surface area contributed by atoms with Crippen molar-refractivity contribution in [2.45, 2.75) is 53.1 Å². The predicted molar refractivity (Wildman–Crippen MR) is 129 cm³/mol. The fourth-order valence-corrected chi connectivity index (χ4v) is 5.28. The van der Waals surface area contributed by atoms with Gasteiger partial charge >= 0.3 is 0 Å². The Hall–Kier alpha value is -2.86. The van der Waals surface area contributed by atoms with Gasteiger partial charge in [0.15, 0.2) is 0 Å². The maximum atomic E-state index is 13.4. The van der Waals surface area contributed by atoms with Gasteiger partial charge in [0.05, 0.1) is 5.56 Å². The Kier molecular flexibility index (Phi) is 6.24. The number of rotatable bonds is 5. The van der Waals surface area contributed by atoms with E-state index in [1.807, 2.05) is 45.0 Å². The Morgan fingerprint density at radius 1 is 1.19 bits per heavy atom. The molecular weight excluding hydrogens is 400 g/mol. The summed E-state index contributed by atoms with van der Waals surface area (Å²) in [5.74, 6) is 0.456. The Balaban J connectivity index is 1.65. The van der Waals surface area contributed by atoms with E-state index in [2.05, 4.69) is 39.8 Å². The van der Waals surface area contributed by atoms with E-state index in [-0.39, 0.29) is 18.0 Å².